The lowest BCUT2D eigenvalue weighted by atomic mass is 9.98. The molecule has 0 saturated carbocycles. The second-order valence-corrected chi connectivity index (χ2v) is 5.14. The van der Waals surface area contributed by atoms with E-state index in [0.29, 0.717) is 6.54 Å². The van der Waals surface area contributed by atoms with Gasteiger partial charge in [0.25, 0.3) is 0 Å². The fraction of sp³-hybridized carbons (Fsp3) is 0.467. The van der Waals surface area contributed by atoms with Crippen molar-refractivity contribution in [1.29, 1.82) is 5.26 Å². The van der Waals surface area contributed by atoms with Crippen LogP contribution in [0.3, 0.4) is 0 Å². The first kappa shape index (κ1) is 14.5. The molecule has 0 aromatic heterocycles. The molecule has 0 aliphatic carbocycles. The van der Waals surface area contributed by atoms with E-state index in [1.807, 2.05) is 6.07 Å². The summed E-state index contributed by atoms with van der Waals surface area (Å²) in [6, 6.07) is 6.35. The Labute approximate surface area is 117 Å². The molecule has 0 spiro atoms. The molecule has 5 heteroatoms. The van der Waals surface area contributed by atoms with Crippen molar-refractivity contribution >= 4 is 5.97 Å². The van der Waals surface area contributed by atoms with Gasteiger partial charge in [-0.3, -0.25) is 9.69 Å². The predicted octanol–water partition coefficient (Wildman–Crippen LogP) is 2.53. The highest BCUT2D eigenvalue weighted by Gasteiger charge is 2.24. The Hall–Kier alpha value is -1.93. The molecular formula is C15H17FN2O2. The molecule has 0 bridgehead atoms. The van der Waals surface area contributed by atoms with E-state index in [1.54, 1.807) is 12.1 Å². The monoisotopic (exact) mass is 276 g/mol. The molecule has 1 aliphatic rings. The van der Waals surface area contributed by atoms with Crippen LogP contribution in [-0.4, -0.2) is 28.6 Å². The number of hydrogen-bond donors (Lipinski definition) is 1. The third-order valence-corrected chi connectivity index (χ3v) is 3.70. The average Bonchev–Trinajstić information content (AvgIpc) is 2.42. The molecule has 1 aromatic rings. The Bertz CT molecular complexity index is 539. The zero-order valence-electron chi connectivity index (χ0n) is 11.2. The Kier molecular flexibility index (Phi) is 4.70. The van der Waals surface area contributed by atoms with E-state index in [9.17, 15) is 9.18 Å². The number of nitrogens with zero attached hydrogens (tertiary/aromatic N) is 2. The maximum atomic E-state index is 13.3. The molecule has 106 valence electrons. The number of aliphatic carboxylic acids is 1. The van der Waals surface area contributed by atoms with Crippen molar-refractivity contribution in [3.8, 4) is 6.07 Å². The van der Waals surface area contributed by atoms with Crippen molar-refractivity contribution in [3.63, 3.8) is 0 Å². The summed E-state index contributed by atoms with van der Waals surface area (Å²) >= 11 is 0. The van der Waals surface area contributed by atoms with Gasteiger partial charge in [0, 0.05) is 12.6 Å². The van der Waals surface area contributed by atoms with Gasteiger partial charge in [0.15, 0.2) is 0 Å². The summed E-state index contributed by atoms with van der Waals surface area (Å²) in [5, 5.41) is 17.8. The normalized spacial score (nSPS) is 19.5. The predicted molar refractivity (Wildman–Crippen MR) is 71.4 cm³/mol. The lowest BCUT2D eigenvalue weighted by Gasteiger charge is -2.35. The van der Waals surface area contributed by atoms with Crippen LogP contribution in [0, 0.1) is 17.1 Å². The molecule has 1 aliphatic heterocycles. The fourth-order valence-electron chi connectivity index (χ4n) is 2.69. The minimum absolute atomic E-state index is 0.0249. The van der Waals surface area contributed by atoms with E-state index >= 15 is 0 Å². The van der Waals surface area contributed by atoms with Gasteiger partial charge in [-0.1, -0.05) is 12.5 Å². The zero-order chi connectivity index (χ0) is 14.5. The number of benzene rings is 1. The van der Waals surface area contributed by atoms with Crippen LogP contribution in [-0.2, 0) is 11.3 Å². The molecular weight excluding hydrogens is 259 g/mol. The highest BCUT2D eigenvalue weighted by molar-refractivity contribution is 5.67. The van der Waals surface area contributed by atoms with Crippen LogP contribution in [0.1, 0.15) is 36.8 Å². The maximum Gasteiger partial charge on any atom is 0.304 e. The first-order valence-electron chi connectivity index (χ1n) is 6.74. The number of rotatable bonds is 4. The molecule has 1 aromatic carbocycles. The van der Waals surface area contributed by atoms with Gasteiger partial charge in [-0.2, -0.15) is 5.26 Å². The van der Waals surface area contributed by atoms with Crippen molar-refractivity contribution in [3.05, 3.63) is 35.1 Å². The van der Waals surface area contributed by atoms with Gasteiger partial charge in [-0.25, -0.2) is 4.39 Å². The minimum Gasteiger partial charge on any atom is -0.481 e. The van der Waals surface area contributed by atoms with Gasteiger partial charge in [-0.05, 0) is 37.1 Å². The minimum atomic E-state index is -0.793. The molecule has 1 fully saturated rings. The van der Waals surface area contributed by atoms with Gasteiger partial charge in [0.2, 0.25) is 0 Å². The molecule has 4 nitrogen and oxygen atoms in total. The van der Waals surface area contributed by atoms with E-state index in [4.69, 9.17) is 10.4 Å². The number of carboxylic acid groups (broad SMARTS) is 1. The van der Waals surface area contributed by atoms with Crippen LogP contribution < -0.4 is 0 Å². The quantitative estimate of drug-likeness (QED) is 0.917. The number of likely N-dealkylation sites (tertiary alicyclic amines) is 1. The van der Waals surface area contributed by atoms with Gasteiger partial charge in [0.1, 0.15) is 11.9 Å². The van der Waals surface area contributed by atoms with Crippen LogP contribution in [0.4, 0.5) is 4.39 Å². The zero-order valence-corrected chi connectivity index (χ0v) is 11.2. The first-order valence-corrected chi connectivity index (χ1v) is 6.74. The van der Waals surface area contributed by atoms with Gasteiger partial charge < -0.3 is 5.11 Å². The van der Waals surface area contributed by atoms with Crippen molar-refractivity contribution in [2.24, 2.45) is 0 Å². The van der Waals surface area contributed by atoms with Crippen molar-refractivity contribution < 1.29 is 14.3 Å². The number of nitriles is 1. The fourth-order valence-corrected chi connectivity index (χ4v) is 2.69. The second kappa shape index (κ2) is 6.49. The number of halogens is 1. The molecule has 1 saturated heterocycles. The van der Waals surface area contributed by atoms with Crippen LogP contribution in [0.15, 0.2) is 18.2 Å². The highest BCUT2D eigenvalue weighted by atomic mass is 19.1. The third-order valence-electron chi connectivity index (χ3n) is 3.70. The van der Waals surface area contributed by atoms with Crippen LogP contribution >= 0.6 is 0 Å². The SMILES string of the molecule is N#Cc1cc(CN2CCCCC2CC(=O)O)ccc1F. The average molecular weight is 276 g/mol. The van der Waals surface area contributed by atoms with E-state index < -0.39 is 11.8 Å². The van der Waals surface area contributed by atoms with Crippen LogP contribution in [0.5, 0.6) is 0 Å². The van der Waals surface area contributed by atoms with Gasteiger partial charge in [0.05, 0.1) is 12.0 Å². The molecule has 1 atom stereocenters. The molecule has 20 heavy (non-hydrogen) atoms. The number of hydrogen-bond acceptors (Lipinski definition) is 3. The molecule has 2 rings (SSSR count). The molecule has 1 N–H and O–H groups in total. The van der Waals surface area contributed by atoms with Gasteiger partial charge >= 0.3 is 5.97 Å². The smallest absolute Gasteiger partial charge is 0.304 e. The summed E-state index contributed by atoms with van der Waals surface area (Å²) in [4.78, 5) is 13.0. The van der Waals surface area contributed by atoms with E-state index in [1.165, 1.54) is 6.07 Å². The van der Waals surface area contributed by atoms with Crippen LogP contribution in [0.25, 0.3) is 0 Å². The highest BCUT2D eigenvalue weighted by Crippen LogP contribution is 2.22. The Morgan fingerprint density at radius 2 is 2.30 bits per heavy atom. The molecule has 0 amide bonds. The summed E-state index contributed by atoms with van der Waals surface area (Å²) in [5.74, 6) is -1.31. The van der Waals surface area contributed by atoms with Crippen LogP contribution in [0.2, 0.25) is 0 Å². The maximum absolute atomic E-state index is 13.3. The topological polar surface area (TPSA) is 64.3 Å². The molecule has 1 unspecified atom stereocenters. The van der Waals surface area contributed by atoms with Crippen molar-refractivity contribution in [2.45, 2.75) is 38.3 Å². The molecule has 1 heterocycles. The third kappa shape index (κ3) is 3.55. The lowest BCUT2D eigenvalue weighted by molar-refractivity contribution is -0.138. The molecule has 0 radical (unpaired) electrons. The Morgan fingerprint density at radius 1 is 1.50 bits per heavy atom. The van der Waals surface area contributed by atoms with E-state index in [-0.39, 0.29) is 18.0 Å². The number of carbonyl (C=O) groups is 1. The second-order valence-electron chi connectivity index (χ2n) is 5.14. The summed E-state index contributed by atoms with van der Waals surface area (Å²) in [5.41, 5.74) is 0.884. The summed E-state index contributed by atoms with van der Waals surface area (Å²) in [7, 11) is 0. The number of carboxylic acids is 1. The van der Waals surface area contributed by atoms with Gasteiger partial charge in [-0.15, -0.1) is 0 Å². The first-order chi connectivity index (χ1) is 9.60. The Morgan fingerprint density at radius 3 is 3.00 bits per heavy atom. The largest absolute Gasteiger partial charge is 0.481 e. The summed E-state index contributed by atoms with van der Waals surface area (Å²) in [6.07, 6.45) is 3.09. The van der Waals surface area contributed by atoms with E-state index in [0.717, 1.165) is 31.4 Å². The van der Waals surface area contributed by atoms with Crippen molar-refractivity contribution in [2.75, 3.05) is 6.54 Å². The lowest BCUT2D eigenvalue weighted by Crippen LogP contribution is -2.40. The Balaban J connectivity index is 2.10. The summed E-state index contributed by atoms with van der Waals surface area (Å²) in [6.45, 7) is 1.41. The summed E-state index contributed by atoms with van der Waals surface area (Å²) < 4.78 is 13.3. The standard InChI is InChI=1S/C15H17FN2O2/c16-14-5-4-11(7-12(14)9-17)10-18-6-2-1-3-13(18)8-15(19)20/h4-5,7,13H,1-3,6,8,10H2,(H,19,20). The number of piperidine rings is 1. The van der Waals surface area contributed by atoms with E-state index in [2.05, 4.69) is 4.90 Å². The van der Waals surface area contributed by atoms with Crippen molar-refractivity contribution in [1.82, 2.24) is 4.90 Å².